The zero-order valence-corrected chi connectivity index (χ0v) is 13.5. The highest BCUT2D eigenvalue weighted by molar-refractivity contribution is 7.91. The van der Waals surface area contributed by atoms with Crippen LogP contribution in [0, 0.1) is 5.92 Å². The van der Waals surface area contributed by atoms with Gasteiger partial charge in [-0.1, -0.05) is 30.3 Å². The van der Waals surface area contributed by atoms with Crippen LogP contribution in [0.5, 0.6) is 0 Å². The zero-order valence-electron chi connectivity index (χ0n) is 12.7. The Morgan fingerprint density at radius 2 is 2.00 bits per heavy atom. The molecule has 6 nitrogen and oxygen atoms in total. The van der Waals surface area contributed by atoms with Crippen molar-refractivity contribution in [1.29, 1.82) is 0 Å². The molecule has 7 heteroatoms. The molecule has 2 aliphatic heterocycles. The lowest BCUT2D eigenvalue weighted by Gasteiger charge is -2.17. The van der Waals surface area contributed by atoms with Crippen molar-refractivity contribution < 1.29 is 22.7 Å². The normalized spacial score (nSPS) is 26.4. The molecule has 2 aliphatic rings. The number of likely N-dealkylation sites (tertiary alicyclic amines) is 1. The number of esters is 1. The molecule has 3 rings (SSSR count). The van der Waals surface area contributed by atoms with Gasteiger partial charge in [0.1, 0.15) is 6.10 Å². The van der Waals surface area contributed by atoms with Crippen molar-refractivity contribution in [2.24, 2.45) is 5.92 Å². The molecule has 0 aliphatic carbocycles. The van der Waals surface area contributed by atoms with Crippen molar-refractivity contribution in [2.75, 3.05) is 18.1 Å². The second kappa shape index (κ2) is 6.31. The Kier molecular flexibility index (Phi) is 4.39. The molecule has 1 amide bonds. The first-order chi connectivity index (χ1) is 10.9. The second-order valence-corrected chi connectivity index (χ2v) is 8.35. The van der Waals surface area contributed by atoms with Gasteiger partial charge in [-0.15, -0.1) is 0 Å². The standard InChI is InChI=1S/C16H19NO5S/c18-15-8-13(10-17(15)9-12-4-2-1-3-5-12)16(19)22-14-6-7-23(20,21)11-14/h1-5,13-14H,6-11H2/t13-,14-/m0/s1. The van der Waals surface area contributed by atoms with E-state index in [1.54, 1.807) is 4.90 Å². The van der Waals surface area contributed by atoms with E-state index in [0.29, 0.717) is 19.5 Å². The van der Waals surface area contributed by atoms with Crippen molar-refractivity contribution >= 4 is 21.7 Å². The molecular weight excluding hydrogens is 318 g/mol. The van der Waals surface area contributed by atoms with Crippen LogP contribution in [-0.4, -0.2) is 49.3 Å². The van der Waals surface area contributed by atoms with E-state index in [-0.39, 0.29) is 23.8 Å². The van der Waals surface area contributed by atoms with Gasteiger partial charge in [0.15, 0.2) is 9.84 Å². The fourth-order valence-corrected chi connectivity index (χ4v) is 4.59. The number of rotatable bonds is 4. The predicted molar refractivity (Wildman–Crippen MR) is 83.1 cm³/mol. The lowest BCUT2D eigenvalue weighted by molar-refractivity contribution is -0.152. The molecule has 0 spiro atoms. The highest BCUT2D eigenvalue weighted by Crippen LogP contribution is 2.23. The molecule has 23 heavy (non-hydrogen) atoms. The summed E-state index contributed by atoms with van der Waals surface area (Å²) in [7, 11) is -3.08. The number of carbonyl (C=O) groups is 2. The maximum atomic E-state index is 12.2. The molecule has 0 saturated carbocycles. The third-order valence-corrected chi connectivity index (χ3v) is 5.97. The van der Waals surface area contributed by atoms with E-state index < -0.39 is 27.8 Å². The molecule has 2 fully saturated rings. The number of benzene rings is 1. The minimum absolute atomic E-state index is 0.0642. The van der Waals surface area contributed by atoms with Gasteiger partial charge in [-0.2, -0.15) is 0 Å². The largest absolute Gasteiger partial charge is 0.461 e. The molecule has 1 aromatic carbocycles. The van der Waals surface area contributed by atoms with E-state index in [2.05, 4.69) is 0 Å². The number of amides is 1. The minimum Gasteiger partial charge on any atom is -0.461 e. The Labute approximate surface area is 135 Å². The summed E-state index contributed by atoms with van der Waals surface area (Å²) in [5.41, 5.74) is 1.01. The number of carbonyl (C=O) groups excluding carboxylic acids is 2. The van der Waals surface area contributed by atoms with Gasteiger partial charge < -0.3 is 9.64 Å². The average Bonchev–Trinajstić information content (AvgIpc) is 3.03. The van der Waals surface area contributed by atoms with Crippen LogP contribution in [0.2, 0.25) is 0 Å². The smallest absolute Gasteiger partial charge is 0.311 e. The molecular formula is C16H19NO5S. The van der Waals surface area contributed by atoms with E-state index in [0.717, 1.165) is 5.56 Å². The van der Waals surface area contributed by atoms with Crippen molar-refractivity contribution in [3.63, 3.8) is 0 Å². The van der Waals surface area contributed by atoms with Gasteiger partial charge in [0.2, 0.25) is 5.91 Å². The van der Waals surface area contributed by atoms with Gasteiger partial charge in [-0.3, -0.25) is 9.59 Å². The summed E-state index contributed by atoms with van der Waals surface area (Å²) in [5.74, 6) is -1.08. The van der Waals surface area contributed by atoms with E-state index in [1.165, 1.54) is 0 Å². The van der Waals surface area contributed by atoms with Crippen LogP contribution in [0.25, 0.3) is 0 Å². The fraction of sp³-hybridized carbons (Fsp3) is 0.500. The Balaban J connectivity index is 1.56. The van der Waals surface area contributed by atoms with Crippen LogP contribution in [0.4, 0.5) is 0 Å². The Hall–Kier alpha value is -1.89. The lowest BCUT2D eigenvalue weighted by atomic mass is 10.1. The molecule has 0 bridgehead atoms. The average molecular weight is 337 g/mol. The third-order valence-electron chi connectivity index (χ3n) is 4.24. The number of ether oxygens (including phenoxy) is 1. The fourth-order valence-electron chi connectivity index (χ4n) is 3.00. The van der Waals surface area contributed by atoms with Gasteiger partial charge in [-0.25, -0.2) is 8.42 Å². The quantitative estimate of drug-likeness (QED) is 0.758. The van der Waals surface area contributed by atoms with Gasteiger partial charge >= 0.3 is 5.97 Å². The lowest BCUT2D eigenvalue weighted by Crippen LogP contribution is -2.28. The molecule has 0 unspecified atom stereocenters. The van der Waals surface area contributed by atoms with E-state index in [1.807, 2.05) is 30.3 Å². The van der Waals surface area contributed by atoms with Crippen LogP contribution in [-0.2, 0) is 30.7 Å². The molecule has 2 heterocycles. The van der Waals surface area contributed by atoms with Gasteiger partial charge in [0.25, 0.3) is 0 Å². The number of hydrogen-bond acceptors (Lipinski definition) is 5. The topological polar surface area (TPSA) is 80.8 Å². The van der Waals surface area contributed by atoms with Crippen LogP contribution >= 0.6 is 0 Å². The maximum Gasteiger partial charge on any atom is 0.311 e. The van der Waals surface area contributed by atoms with Gasteiger partial charge in [-0.05, 0) is 12.0 Å². The zero-order chi connectivity index (χ0) is 16.4. The Bertz CT molecular complexity index is 700. The van der Waals surface area contributed by atoms with Crippen LogP contribution in [0.3, 0.4) is 0 Å². The van der Waals surface area contributed by atoms with Gasteiger partial charge in [0.05, 0.1) is 17.4 Å². The molecule has 0 radical (unpaired) electrons. The van der Waals surface area contributed by atoms with Crippen molar-refractivity contribution in [2.45, 2.75) is 25.5 Å². The molecule has 124 valence electrons. The Morgan fingerprint density at radius 1 is 1.26 bits per heavy atom. The maximum absolute atomic E-state index is 12.2. The number of sulfone groups is 1. The van der Waals surface area contributed by atoms with Crippen molar-refractivity contribution in [1.82, 2.24) is 4.90 Å². The molecule has 0 N–H and O–H groups in total. The van der Waals surface area contributed by atoms with Crippen molar-refractivity contribution in [3.05, 3.63) is 35.9 Å². The summed E-state index contributed by atoms with van der Waals surface area (Å²) in [6, 6.07) is 9.58. The highest BCUT2D eigenvalue weighted by Gasteiger charge is 2.38. The monoisotopic (exact) mass is 337 g/mol. The number of nitrogens with zero attached hydrogens (tertiary/aromatic N) is 1. The summed E-state index contributed by atoms with van der Waals surface area (Å²) >= 11 is 0. The predicted octanol–water partition coefficient (Wildman–Crippen LogP) is 0.765. The van der Waals surface area contributed by atoms with Gasteiger partial charge in [0, 0.05) is 19.5 Å². The highest BCUT2D eigenvalue weighted by atomic mass is 32.2. The second-order valence-electron chi connectivity index (χ2n) is 6.12. The first-order valence-electron chi connectivity index (χ1n) is 7.65. The van der Waals surface area contributed by atoms with Crippen molar-refractivity contribution in [3.8, 4) is 0 Å². The van der Waals surface area contributed by atoms with Crippen LogP contribution in [0.1, 0.15) is 18.4 Å². The summed E-state index contributed by atoms with van der Waals surface area (Å²) in [6.45, 7) is 0.799. The van der Waals surface area contributed by atoms with Crippen LogP contribution < -0.4 is 0 Å². The van der Waals surface area contributed by atoms with Crippen LogP contribution in [0.15, 0.2) is 30.3 Å². The minimum atomic E-state index is -3.08. The first kappa shape index (κ1) is 16.0. The summed E-state index contributed by atoms with van der Waals surface area (Å²) in [5, 5.41) is 0. The summed E-state index contributed by atoms with van der Waals surface area (Å²) in [6.07, 6.45) is -0.0843. The van der Waals surface area contributed by atoms with E-state index in [4.69, 9.17) is 4.74 Å². The molecule has 2 saturated heterocycles. The summed E-state index contributed by atoms with van der Waals surface area (Å²) < 4.78 is 28.1. The SMILES string of the molecule is O=C(O[C@H]1CCS(=O)(=O)C1)[C@H]1CC(=O)N(Cc2ccccc2)C1. The summed E-state index contributed by atoms with van der Waals surface area (Å²) in [4.78, 5) is 25.9. The molecule has 2 atom stereocenters. The first-order valence-corrected chi connectivity index (χ1v) is 9.48. The third kappa shape index (κ3) is 3.90. The number of hydrogen-bond donors (Lipinski definition) is 0. The molecule has 1 aromatic rings. The Morgan fingerprint density at radius 3 is 2.65 bits per heavy atom. The van der Waals surface area contributed by atoms with E-state index >= 15 is 0 Å². The molecule has 0 aromatic heterocycles. The van der Waals surface area contributed by atoms with E-state index in [9.17, 15) is 18.0 Å².